The summed E-state index contributed by atoms with van der Waals surface area (Å²) in [5, 5.41) is 12.9. The second-order valence-corrected chi connectivity index (χ2v) is 4.79. The zero-order valence-electron chi connectivity index (χ0n) is 10.5. The number of hydrogen-bond acceptors (Lipinski definition) is 3. The Morgan fingerprint density at radius 2 is 2.35 bits per heavy atom. The van der Waals surface area contributed by atoms with Crippen LogP contribution in [0.15, 0.2) is 24.3 Å². The Balaban J connectivity index is 2.01. The molecule has 1 fully saturated rings. The lowest BCUT2D eigenvalue weighted by Crippen LogP contribution is -2.36. The Kier molecular flexibility index (Phi) is 4.40. The summed E-state index contributed by atoms with van der Waals surface area (Å²) in [6, 6.07) is 8.25. The second kappa shape index (κ2) is 6.03. The molecule has 1 saturated heterocycles. The summed E-state index contributed by atoms with van der Waals surface area (Å²) >= 11 is 0. The molecule has 0 saturated carbocycles. The molecule has 1 heterocycles. The van der Waals surface area contributed by atoms with Crippen LogP contribution in [-0.2, 0) is 6.54 Å². The SMILES string of the molecule is CCCN(Cc1cccc(O)c1)C1CCNC1. The van der Waals surface area contributed by atoms with E-state index in [0.29, 0.717) is 11.8 Å². The van der Waals surface area contributed by atoms with Crippen LogP contribution >= 0.6 is 0 Å². The van der Waals surface area contributed by atoms with Crippen molar-refractivity contribution in [2.75, 3.05) is 19.6 Å². The van der Waals surface area contributed by atoms with Crippen molar-refractivity contribution < 1.29 is 5.11 Å². The molecule has 1 aromatic rings. The van der Waals surface area contributed by atoms with Crippen molar-refractivity contribution in [2.24, 2.45) is 0 Å². The lowest BCUT2D eigenvalue weighted by molar-refractivity contribution is 0.199. The van der Waals surface area contributed by atoms with Gasteiger partial charge in [-0.1, -0.05) is 19.1 Å². The Hall–Kier alpha value is -1.06. The first-order chi connectivity index (χ1) is 8.29. The van der Waals surface area contributed by atoms with E-state index in [1.807, 2.05) is 12.1 Å². The molecule has 3 heteroatoms. The summed E-state index contributed by atoms with van der Waals surface area (Å²) in [6.45, 7) is 6.51. The van der Waals surface area contributed by atoms with Gasteiger partial charge in [0.15, 0.2) is 0 Å². The van der Waals surface area contributed by atoms with Crippen molar-refractivity contribution in [3.63, 3.8) is 0 Å². The van der Waals surface area contributed by atoms with E-state index in [9.17, 15) is 5.11 Å². The predicted molar refractivity (Wildman–Crippen MR) is 70.1 cm³/mol. The molecule has 0 bridgehead atoms. The van der Waals surface area contributed by atoms with Gasteiger partial charge in [-0.25, -0.2) is 0 Å². The van der Waals surface area contributed by atoms with Crippen LogP contribution in [0, 0.1) is 0 Å². The van der Waals surface area contributed by atoms with Crippen LogP contribution in [-0.4, -0.2) is 35.7 Å². The van der Waals surface area contributed by atoms with Gasteiger partial charge < -0.3 is 10.4 Å². The molecule has 0 radical (unpaired) electrons. The summed E-state index contributed by atoms with van der Waals surface area (Å²) in [5.74, 6) is 0.364. The number of benzene rings is 1. The third-order valence-corrected chi connectivity index (χ3v) is 3.36. The van der Waals surface area contributed by atoms with Gasteiger partial charge in [0.25, 0.3) is 0 Å². The van der Waals surface area contributed by atoms with Gasteiger partial charge in [0.05, 0.1) is 0 Å². The fourth-order valence-electron chi connectivity index (χ4n) is 2.52. The fraction of sp³-hybridized carbons (Fsp3) is 0.571. The molecule has 1 aliphatic heterocycles. The maximum absolute atomic E-state index is 9.49. The minimum atomic E-state index is 0.364. The minimum absolute atomic E-state index is 0.364. The quantitative estimate of drug-likeness (QED) is 0.817. The lowest BCUT2D eigenvalue weighted by Gasteiger charge is -2.28. The molecule has 94 valence electrons. The Morgan fingerprint density at radius 3 is 3.00 bits per heavy atom. The number of phenolic OH excluding ortho intramolecular Hbond substituents is 1. The summed E-state index contributed by atoms with van der Waals surface area (Å²) in [4.78, 5) is 2.52. The van der Waals surface area contributed by atoms with Crippen LogP contribution in [0.5, 0.6) is 5.75 Å². The predicted octanol–water partition coefficient (Wildman–Crippen LogP) is 1.97. The zero-order chi connectivity index (χ0) is 12.1. The van der Waals surface area contributed by atoms with Gasteiger partial charge in [-0.15, -0.1) is 0 Å². The highest BCUT2D eigenvalue weighted by Crippen LogP contribution is 2.17. The average molecular weight is 234 g/mol. The van der Waals surface area contributed by atoms with Crippen LogP contribution in [0.1, 0.15) is 25.3 Å². The highest BCUT2D eigenvalue weighted by Gasteiger charge is 2.21. The molecule has 3 nitrogen and oxygen atoms in total. The van der Waals surface area contributed by atoms with E-state index in [-0.39, 0.29) is 0 Å². The summed E-state index contributed by atoms with van der Waals surface area (Å²) in [7, 11) is 0. The van der Waals surface area contributed by atoms with Gasteiger partial charge in [-0.3, -0.25) is 4.90 Å². The number of nitrogens with one attached hydrogen (secondary N) is 1. The first kappa shape index (κ1) is 12.4. The van der Waals surface area contributed by atoms with Crippen molar-refractivity contribution in [2.45, 2.75) is 32.4 Å². The monoisotopic (exact) mass is 234 g/mol. The van der Waals surface area contributed by atoms with E-state index in [0.717, 1.165) is 26.2 Å². The highest BCUT2D eigenvalue weighted by atomic mass is 16.3. The van der Waals surface area contributed by atoms with E-state index in [1.54, 1.807) is 6.07 Å². The molecule has 1 atom stereocenters. The fourth-order valence-corrected chi connectivity index (χ4v) is 2.52. The van der Waals surface area contributed by atoms with Crippen molar-refractivity contribution in [1.82, 2.24) is 10.2 Å². The van der Waals surface area contributed by atoms with E-state index in [2.05, 4.69) is 23.2 Å². The van der Waals surface area contributed by atoms with Crippen LogP contribution in [0.4, 0.5) is 0 Å². The van der Waals surface area contributed by atoms with Crippen molar-refractivity contribution in [3.8, 4) is 5.75 Å². The standard InChI is InChI=1S/C14H22N2O/c1-2-8-16(13-6-7-15-10-13)11-12-4-3-5-14(17)9-12/h3-5,9,13,15,17H,2,6-8,10-11H2,1H3. The van der Waals surface area contributed by atoms with Crippen LogP contribution in [0.25, 0.3) is 0 Å². The molecular formula is C14H22N2O. The van der Waals surface area contributed by atoms with E-state index < -0.39 is 0 Å². The summed E-state index contributed by atoms with van der Waals surface area (Å²) in [6.07, 6.45) is 2.41. The average Bonchev–Trinajstić information content (AvgIpc) is 2.82. The van der Waals surface area contributed by atoms with Gasteiger partial charge in [-0.2, -0.15) is 0 Å². The van der Waals surface area contributed by atoms with Crippen LogP contribution < -0.4 is 5.32 Å². The maximum atomic E-state index is 9.49. The van der Waals surface area contributed by atoms with Crippen molar-refractivity contribution in [1.29, 1.82) is 0 Å². The molecular weight excluding hydrogens is 212 g/mol. The smallest absolute Gasteiger partial charge is 0.115 e. The molecule has 17 heavy (non-hydrogen) atoms. The normalized spacial score (nSPS) is 20.0. The Labute approximate surface area is 103 Å². The molecule has 2 N–H and O–H groups in total. The second-order valence-electron chi connectivity index (χ2n) is 4.79. The number of hydrogen-bond donors (Lipinski definition) is 2. The summed E-state index contributed by atoms with van der Waals surface area (Å²) in [5.41, 5.74) is 1.20. The van der Waals surface area contributed by atoms with Crippen LogP contribution in [0.2, 0.25) is 0 Å². The molecule has 2 rings (SSSR count). The third-order valence-electron chi connectivity index (χ3n) is 3.36. The van der Waals surface area contributed by atoms with Crippen LogP contribution in [0.3, 0.4) is 0 Å². The first-order valence-electron chi connectivity index (χ1n) is 6.52. The minimum Gasteiger partial charge on any atom is -0.508 e. The molecule has 1 unspecified atom stereocenters. The number of nitrogens with zero attached hydrogens (tertiary/aromatic N) is 1. The first-order valence-corrected chi connectivity index (χ1v) is 6.52. The Morgan fingerprint density at radius 1 is 1.47 bits per heavy atom. The number of rotatable bonds is 5. The molecule has 0 aromatic heterocycles. The molecule has 1 aliphatic rings. The van der Waals surface area contributed by atoms with Gasteiger partial charge in [0.2, 0.25) is 0 Å². The molecule has 1 aromatic carbocycles. The molecule has 0 amide bonds. The number of aromatic hydroxyl groups is 1. The van der Waals surface area contributed by atoms with E-state index in [4.69, 9.17) is 0 Å². The number of phenols is 1. The van der Waals surface area contributed by atoms with E-state index in [1.165, 1.54) is 18.4 Å². The Bertz CT molecular complexity index is 348. The van der Waals surface area contributed by atoms with Gasteiger partial charge >= 0.3 is 0 Å². The van der Waals surface area contributed by atoms with E-state index >= 15 is 0 Å². The largest absolute Gasteiger partial charge is 0.508 e. The molecule has 0 aliphatic carbocycles. The van der Waals surface area contributed by atoms with Crippen molar-refractivity contribution in [3.05, 3.63) is 29.8 Å². The van der Waals surface area contributed by atoms with Gasteiger partial charge in [0, 0.05) is 19.1 Å². The topological polar surface area (TPSA) is 35.5 Å². The summed E-state index contributed by atoms with van der Waals surface area (Å²) < 4.78 is 0. The van der Waals surface area contributed by atoms with Crippen molar-refractivity contribution >= 4 is 0 Å². The highest BCUT2D eigenvalue weighted by molar-refractivity contribution is 5.27. The molecule has 0 spiro atoms. The lowest BCUT2D eigenvalue weighted by atomic mass is 10.1. The maximum Gasteiger partial charge on any atom is 0.115 e. The van der Waals surface area contributed by atoms with Gasteiger partial charge in [0.1, 0.15) is 5.75 Å². The zero-order valence-corrected chi connectivity index (χ0v) is 10.5. The third kappa shape index (κ3) is 3.45. The van der Waals surface area contributed by atoms with Gasteiger partial charge in [-0.05, 0) is 43.6 Å².